The third-order valence-corrected chi connectivity index (χ3v) is 2.07. The molecule has 0 saturated carbocycles. The molecule has 10 nitrogen and oxygen atoms in total. The first kappa shape index (κ1) is 14.0. The van der Waals surface area contributed by atoms with Crippen molar-refractivity contribution in [1.82, 2.24) is 0 Å². The smallest absolute Gasteiger partial charge is 0.293 e. The maximum absolute atomic E-state index is 10.6. The molecular formula is C6H11N3O7. The number of nitrogens with zero attached hydrogens (tertiary/aromatic N) is 3. The Hall–Kier alpha value is -2.00. The molecule has 0 N–H and O–H groups in total. The highest BCUT2D eigenvalue weighted by Crippen LogP contribution is 2.21. The summed E-state index contributed by atoms with van der Waals surface area (Å²) in [5.74, 6) is 0. The maximum Gasteiger partial charge on any atom is 0.295 e. The maximum atomic E-state index is 10.6. The first-order valence-electron chi connectivity index (χ1n) is 4.31. The van der Waals surface area contributed by atoms with Crippen LogP contribution in [-0.4, -0.2) is 33.1 Å². The minimum absolute atomic E-state index is 0.106. The fourth-order valence-corrected chi connectivity index (χ4v) is 1.43. The zero-order valence-corrected chi connectivity index (χ0v) is 8.69. The average molecular weight is 237 g/mol. The molecule has 0 aliphatic heterocycles. The van der Waals surface area contributed by atoms with Gasteiger partial charge in [-0.3, -0.25) is 25.1 Å². The van der Waals surface area contributed by atoms with Crippen molar-refractivity contribution in [3.8, 4) is 0 Å². The van der Waals surface area contributed by atoms with Gasteiger partial charge >= 0.3 is 0 Å². The van der Waals surface area contributed by atoms with Crippen molar-refractivity contribution in [2.45, 2.75) is 31.9 Å². The van der Waals surface area contributed by atoms with Gasteiger partial charge in [0.15, 0.2) is 0 Å². The van der Waals surface area contributed by atoms with Gasteiger partial charge in [0.1, 0.15) is 0 Å². The van der Waals surface area contributed by atoms with Crippen molar-refractivity contribution in [1.29, 1.82) is 0 Å². The summed E-state index contributed by atoms with van der Waals surface area (Å²) < 4.78 is 0. The highest BCUT2D eigenvalue weighted by molar-refractivity contribution is 4.82. The van der Waals surface area contributed by atoms with E-state index >= 15 is 0 Å². The summed E-state index contributed by atoms with van der Waals surface area (Å²) in [7, 11) is 0. The molecule has 16 heavy (non-hydrogen) atoms. The monoisotopic (exact) mass is 237 g/mol. The highest BCUT2D eigenvalue weighted by atomic mass is 17.0. The number of hydrogen-bond donors (Lipinski definition) is 0. The van der Waals surface area contributed by atoms with E-state index in [0.717, 1.165) is 6.92 Å². The molecule has 0 spiro atoms. The summed E-state index contributed by atoms with van der Waals surface area (Å²) in [6.07, 6.45) is -0.106. The van der Waals surface area contributed by atoms with Crippen LogP contribution < -0.4 is 0 Å². The lowest BCUT2D eigenvalue weighted by Gasteiger charge is -2.24. The number of hydrogen-bond acceptors (Lipinski definition) is 7. The summed E-state index contributed by atoms with van der Waals surface area (Å²) >= 11 is 0. The minimum Gasteiger partial charge on any atom is -0.293 e. The van der Waals surface area contributed by atoms with Crippen molar-refractivity contribution < 1.29 is 19.8 Å². The molecular weight excluding hydrogens is 226 g/mol. The van der Waals surface area contributed by atoms with Crippen molar-refractivity contribution in [2.24, 2.45) is 0 Å². The van der Waals surface area contributed by atoms with Crippen LogP contribution in [0.5, 0.6) is 0 Å². The Kier molecular flexibility index (Phi) is 4.54. The zero-order valence-electron chi connectivity index (χ0n) is 8.69. The fraction of sp³-hybridized carbons (Fsp3) is 1.00. The molecule has 2 unspecified atom stereocenters. The predicted octanol–water partition coefficient (Wildman–Crippen LogP) is 0.285. The van der Waals surface area contributed by atoms with Gasteiger partial charge in [-0.05, 0) is 6.92 Å². The Labute approximate surface area is 89.6 Å². The van der Waals surface area contributed by atoms with Gasteiger partial charge in [-0.15, -0.1) is 10.1 Å². The average Bonchev–Trinajstić information content (AvgIpc) is 1.99. The van der Waals surface area contributed by atoms with E-state index in [1.807, 2.05) is 0 Å². The van der Waals surface area contributed by atoms with Gasteiger partial charge in [-0.2, -0.15) is 0 Å². The molecule has 0 aromatic heterocycles. The summed E-state index contributed by atoms with van der Waals surface area (Å²) in [4.78, 5) is 33.5. The van der Waals surface area contributed by atoms with Gasteiger partial charge in [0.25, 0.3) is 5.09 Å². The van der Waals surface area contributed by atoms with Crippen LogP contribution in [0.25, 0.3) is 0 Å². The lowest BCUT2D eigenvalue weighted by molar-refractivity contribution is -0.799. The molecule has 2 atom stereocenters. The van der Waals surface area contributed by atoms with Crippen molar-refractivity contribution in [2.75, 3.05) is 6.54 Å². The second-order valence-electron chi connectivity index (χ2n) is 3.33. The largest absolute Gasteiger partial charge is 0.295 e. The standard InChI is InChI=1S/C6H11N3O7/c1-3-5(8(12)13)6(2,4-7(10)11)16-9(14)15/h5H,3-4H2,1-2H3. The molecule has 0 saturated heterocycles. The lowest BCUT2D eigenvalue weighted by Crippen LogP contribution is -2.52. The molecule has 0 aliphatic carbocycles. The summed E-state index contributed by atoms with van der Waals surface area (Å²) in [5.41, 5.74) is -2.06. The van der Waals surface area contributed by atoms with Crippen LogP contribution >= 0.6 is 0 Å². The van der Waals surface area contributed by atoms with E-state index in [4.69, 9.17) is 0 Å². The Morgan fingerprint density at radius 2 is 1.75 bits per heavy atom. The third kappa shape index (κ3) is 3.63. The van der Waals surface area contributed by atoms with Gasteiger partial charge < -0.3 is 0 Å². The fourth-order valence-electron chi connectivity index (χ4n) is 1.43. The normalized spacial score (nSPS) is 15.9. The molecule has 0 heterocycles. The quantitative estimate of drug-likeness (QED) is 0.457. The van der Waals surface area contributed by atoms with Crippen LogP contribution in [0, 0.1) is 30.3 Å². The SMILES string of the molecule is CCC([N+](=O)[O-])C(C)(C[N+](=O)[O-])O[N+](=O)[O-]. The first-order valence-corrected chi connectivity index (χ1v) is 4.31. The van der Waals surface area contributed by atoms with Gasteiger partial charge in [0.05, 0.1) is 0 Å². The van der Waals surface area contributed by atoms with Gasteiger partial charge in [0.2, 0.25) is 18.2 Å². The second kappa shape index (κ2) is 5.19. The van der Waals surface area contributed by atoms with E-state index in [9.17, 15) is 30.3 Å². The number of nitro groups is 2. The molecule has 10 heteroatoms. The van der Waals surface area contributed by atoms with Crippen LogP contribution in [0.1, 0.15) is 20.3 Å². The predicted molar refractivity (Wildman–Crippen MR) is 49.4 cm³/mol. The minimum atomic E-state index is -2.06. The Morgan fingerprint density at radius 3 is 2.00 bits per heavy atom. The van der Waals surface area contributed by atoms with Gasteiger partial charge in [-0.25, -0.2) is 0 Å². The van der Waals surface area contributed by atoms with Crippen molar-refractivity contribution >= 4 is 0 Å². The lowest BCUT2D eigenvalue weighted by atomic mass is 9.95. The Bertz CT molecular complexity index is 288. The molecule has 0 aliphatic rings. The Morgan fingerprint density at radius 1 is 1.25 bits per heavy atom. The van der Waals surface area contributed by atoms with E-state index in [1.165, 1.54) is 6.92 Å². The topological polar surface area (TPSA) is 139 Å². The van der Waals surface area contributed by atoms with Gasteiger partial charge in [-0.1, -0.05) is 6.92 Å². The van der Waals surface area contributed by atoms with Crippen molar-refractivity contribution in [3.63, 3.8) is 0 Å². The van der Waals surface area contributed by atoms with E-state index in [0.29, 0.717) is 0 Å². The van der Waals surface area contributed by atoms with Crippen LogP contribution in [0.2, 0.25) is 0 Å². The van der Waals surface area contributed by atoms with Crippen LogP contribution in [0.4, 0.5) is 0 Å². The second-order valence-corrected chi connectivity index (χ2v) is 3.33. The van der Waals surface area contributed by atoms with E-state index < -0.39 is 33.1 Å². The first-order chi connectivity index (χ1) is 7.23. The summed E-state index contributed by atoms with van der Waals surface area (Å²) in [5, 5.41) is 29.9. The van der Waals surface area contributed by atoms with E-state index in [2.05, 4.69) is 4.84 Å². The third-order valence-electron chi connectivity index (χ3n) is 2.07. The van der Waals surface area contributed by atoms with Crippen LogP contribution in [0.3, 0.4) is 0 Å². The number of rotatable bonds is 7. The molecule has 0 rings (SSSR count). The Balaban J connectivity index is 5.09. The van der Waals surface area contributed by atoms with Crippen molar-refractivity contribution in [3.05, 3.63) is 30.3 Å². The highest BCUT2D eigenvalue weighted by Gasteiger charge is 2.50. The summed E-state index contributed by atoms with van der Waals surface area (Å²) in [6.45, 7) is 1.37. The van der Waals surface area contributed by atoms with Crippen LogP contribution in [-0.2, 0) is 4.84 Å². The van der Waals surface area contributed by atoms with E-state index in [-0.39, 0.29) is 6.42 Å². The molecule has 0 fully saturated rings. The molecule has 92 valence electrons. The molecule has 0 aromatic rings. The molecule has 0 aromatic carbocycles. The zero-order chi connectivity index (χ0) is 12.9. The summed E-state index contributed by atoms with van der Waals surface area (Å²) in [6, 6.07) is -1.51. The van der Waals surface area contributed by atoms with Gasteiger partial charge in [0, 0.05) is 16.3 Å². The van der Waals surface area contributed by atoms with E-state index in [1.54, 1.807) is 0 Å². The molecule has 0 radical (unpaired) electrons. The molecule has 0 amide bonds. The molecule has 0 bridgehead atoms. The van der Waals surface area contributed by atoms with Crippen LogP contribution in [0.15, 0.2) is 0 Å².